The highest BCUT2D eigenvalue weighted by Gasteiger charge is 2.31. The minimum atomic E-state index is -0.603. The lowest BCUT2D eigenvalue weighted by Gasteiger charge is -2.20. The van der Waals surface area contributed by atoms with E-state index in [1.54, 1.807) is 28.3 Å². The Morgan fingerprint density at radius 1 is 0.912 bits per heavy atom. The molecule has 0 bridgehead atoms. The molecule has 3 aromatic carbocycles. The Labute approximate surface area is 195 Å². The van der Waals surface area contributed by atoms with Gasteiger partial charge in [0.2, 0.25) is 0 Å². The summed E-state index contributed by atoms with van der Waals surface area (Å²) in [5.74, 6) is 0.0621. The van der Waals surface area contributed by atoms with Crippen LogP contribution in [0.5, 0.6) is 11.5 Å². The second kappa shape index (κ2) is 8.85. The summed E-state index contributed by atoms with van der Waals surface area (Å²) >= 11 is 0. The van der Waals surface area contributed by atoms with Gasteiger partial charge in [-0.25, -0.2) is 13.6 Å². The maximum absolute atomic E-state index is 14.4. The van der Waals surface area contributed by atoms with Crippen molar-refractivity contribution in [1.29, 1.82) is 0 Å². The average molecular weight is 466 g/mol. The number of ether oxygens (including phenoxy) is 2. The molecule has 1 aromatic heterocycles. The molecule has 1 atom stereocenters. The first-order valence-electron chi connectivity index (χ1n) is 11.1. The molecule has 34 heavy (non-hydrogen) atoms. The van der Waals surface area contributed by atoms with Gasteiger partial charge in [-0.05, 0) is 36.8 Å². The molecule has 176 valence electrons. The van der Waals surface area contributed by atoms with Gasteiger partial charge in [-0.1, -0.05) is 30.3 Å². The van der Waals surface area contributed by atoms with Crippen LogP contribution >= 0.6 is 0 Å². The highest BCUT2D eigenvalue weighted by Crippen LogP contribution is 2.34. The molecule has 1 fully saturated rings. The topological polar surface area (TPSA) is 48.6 Å². The zero-order valence-electron chi connectivity index (χ0n) is 19.0. The lowest BCUT2D eigenvalue weighted by Crippen LogP contribution is -2.30. The Morgan fingerprint density at radius 3 is 2.32 bits per heavy atom. The van der Waals surface area contributed by atoms with Crippen LogP contribution in [0, 0.1) is 11.6 Å². The lowest BCUT2D eigenvalue weighted by molar-refractivity contribution is 0.407. The van der Waals surface area contributed by atoms with Gasteiger partial charge >= 0.3 is 5.69 Å². The number of rotatable bonds is 6. The summed E-state index contributed by atoms with van der Waals surface area (Å²) < 4.78 is 43.3. The van der Waals surface area contributed by atoms with Crippen LogP contribution in [0.25, 0.3) is 11.0 Å². The van der Waals surface area contributed by atoms with E-state index in [1.807, 2.05) is 42.5 Å². The van der Waals surface area contributed by atoms with Crippen molar-refractivity contribution in [3.8, 4) is 11.5 Å². The number of halogens is 2. The first-order chi connectivity index (χ1) is 16.5. The van der Waals surface area contributed by atoms with Gasteiger partial charge in [-0.3, -0.25) is 9.13 Å². The van der Waals surface area contributed by atoms with Crippen LogP contribution in [0.15, 0.2) is 65.5 Å². The van der Waals surface area contributed by atoms with E-state index in [1.165, 1.54) is 18.2 Å². The number of imidazole rings is 1. The van der Waals surface area contributed by atoms with E-state index in [4.69, 9.17) is 9.47 Å². The number of nitrogens with zero attached hydrogens (tertiary/aromatic N) is 3. The van der Waals surface area contributed by atoms with E-state index >= 15 is 0 Å². The Bertz CT molecular complexity index is 1390. The quantitative estimate of drug-likeness (QED) is 0.418. The molecule has 6 nitrogen and oxygen atoms in total. The number of aromatic nitrogens is 2. The third kappa shape index (κ3) is 3.59. The van der Waals surface area contributed by atoms with Crippen LogP contribution < -0.4 is 20.1 Å². The third-order valence-corrected chi connectivity index (χ3v) is 6.47. The molecule has 0 radical (unpaired) electrons. The van der Waals surface area contributed by atoms with Crippen molar-refractivity contribution in [3.05, 3.63) is 88.3 Å². The molecule has 0 spiro atoms. The van der Waals surface area contributed by atoms with Gasteiger partial charge in [-0.15, -0.1) is 0 Å². The molecule has 0 saturated carbocycles. The molecule has 0 N–H and O–H groups in total. The number of para-hydroxylation sites is 3. The molecule has 5 rings (SSSR count). The van der Waals surface area contributed by atoms with Crippen molar-refractivity contribution >= 4 is 16.7 Å². The van der Waals surface area contributed by atoms with Crippen molar-refractivity contribution in [3.63, 3.8) is 0 Å². The van der Waals surface area contributed by atoms with Gasteiger partial charge in [0.05, 0.1) is 32.3 Å². The van der Waals surface area contributed by atoms with E-state index in [0.29, 0.717) is 43.1 Å². The maximum Gasteiger partial charge on any atom is 0.329 e. The maximum atomic E-state index is 14.4. The van der Waals surface area contributed by atoms with E-state index in [9.17, 15) is 13.6 Å². The second-order valence-corrected chi connectivity index (χ2v) is 8.34. The van der Waals surface area contributed by atoms with Crippen molar-refractivity contribution in [2.24, 2.45) is 0 Å². The summed E-state index contributed by atoms with van der Waals surface area (Å²) in [4.78, 5) is 15.5. The molecule has 1 saturated heterocycles. The van der Waals surface area contributed by atoms with E-state index < -0.39 is 11.6 Å². The van der Waals surface area contributed by atoms with Crippen molar-refractivity contribution < 1.29 is 18.3 Å². The average Bonchev–Trinajstić information content (AvgIpc) is 3.42. The van der Waals surface area contributed by atoms with Crippen LogP contribution in [0.4, 0.5) is 14.5 Å². The van der Waals surface area contributed by atoms with Crippen LogP contribution in [0.3, 0.4) is 0 Å². The normalized spacial score (nSPS) is 15.8. The molecular formula is C26H25F2N3O3. The fourth-order valence-electron chi connectivity index (χ4n) is 4.92. The molecule has 0 unspecified atom stereocenters. The predicted octanol–water partition coefficient (Wildman–Crippen LogP) is 4.60. The summed E-state index contributed by atoms with van der Waals surface area (Å²) in [5.41, 5.74) is 2.01. The highest BCUT2D eigenvalue weighted by molar-refractivity contribution is 5.83. The highest BCUT2D eigenvalue weighted by atomic mass is 19.1. The summed E-state index contributed by atoms with van der Waals surface area (Å²) in [5, 5.41) is 0. The third-order valence-electron chi connectivity index (χ3n) is 6.47. The largest absolute Gasteiger partial charge is 0.496 e. The first kappa shape index (κ1) is 22.0. The molecule has 1 aliphatic rings. The van der Waals surface area contributed by atoms with Gasteiger partial charge in [-0.2, -0.15) is 0 Å². The van der Waals surface area contributed by atoms with E-state index in [0.717, 1.165) is 11.1 Å². The van der Waals surface area contributed by atoms with Crippen molar-refractivity contribution in [2.45, 2.75) is 19.0 Å². The number of hydrogen-bond acceptors (Lipinski definition) is 4. The number of hydrogen-bond donors (Lipinski definition) is 0. The number of anilines is 1. The van der Waals surface area contributed by atoms with Gasteiger partial charge in [0, 0.05) is 18.7 Å². The second-order valence-electron chi connectivity index (χ2n) is 8.34. The van der Waals surface area contributed by atoms with Gasteiger partial charge < -0.3 is 14.4 Å². The Kier molecular flexibility index (Phi) is 5.73. The Morgan fingerprint density at radius 2 is 1.59 bits per heavy atom. The number of fused-ring (bicyclic) bond motifs is 1. The molecule has 1 aliphatic heterocycles. The van der Waals surface area contributed by atoms with Crippen LogP contribution in [0.2, 0.25) is 0 Å². The summed E-state index contributed by atoms with van der Waals surface area (Å²) in [6, 6.07) is 16.7. The Hall–Kier alpha value is -3.81. The van der Waals surface area contributed by atoms with Crippen molar-refractivity contribution in [1.82, 2.24) is 9.13 Å². The van der Waals surface area contributed by atoms with Crippen LogP contribution in [-0.4, -0.2) is 36.4 Å². The van der Waals surface area contributed by atoms with Gasteiger partial charge in [0.15, 0.2) is 0 Å². The van der Waals surface area contributed by atoms with Crippen LogP contribution in [-0.2, 0) is 6.54 Å². The molecule has 0 aliphatic carbocycles. The molecule has 8 heteroatoms. The fraction of sp³-hybridized carbons (Fsp3) is 0.269. The summed E-state index contributed by atoms with van der Waals surface area (Å²) in [7, 11) is 3.17. The van der Waals surface area contributed by atoms with E-state index in [-0.39, 0.29) is 17.4 Å². The number of benzene rings is 3. The van der Waals surface area contributed by atoms with Crippen LogP contribution in [0.1, 0.15) is 18.0 Å². The summed E-state index contributed by atoms with van der Waals surface area (Å²) in [6.45, 7) is 1.06. The first-order valence-corrected chi connectivity index (χ1v) is 11.1. The summed E-state index contributed by atoms with van der Waals surface area (Å²) in [6.07, 6.45) is 0.582. The van der Waals surface area contributed by atoms with Crippen molar-refractivity contribution in [2.75, 3.05) is 32.2 Å². The minimum absolute atomic E-state index is 0.0478. The molecular weight excluding hydrogens is 440 g/mol. The Balaban J connectivity index is 1.60. The standard InChI is InChI=1S/C26H25F2N3O3/c1-33-22-11-4-3-7-17(22)15-30-25-21(10-6-12-23(25)34-2)31(26(30)32)18-13-14-29(16-18)24-19(27)8-5-9-20(24)28/h3-12,18H,13-16H2,1-2H3/t18-/m1/s1. The molecule has 0 amide bonds. The molecule has 2 heterocycles. The zero-order valence-corrected chi connectivity index (χ0v) is 19.0. The van der Waals surface area contributed by atoms with E-state index in [2.05, 4.69) is 0 Å². The zero-order chi connectivity index (χ0) is 23.8. The lowest BCUT2D eigenvalue weighted by atomic mass is 10.2. The minimum Gasteiger partial charge on any atom is -0.496 e. The fourth-order valence-corrected chi connectivity index (χ4v) is 4.92. The van der Waals surface area contributed by atoms with Gasteiger partial charge in [0.1, 0.15) is 34.3 Å². The predicted molar refractivity (Wildman–Crippen MR) is 127 cm³/mol. The number of methoxy groups -OCH3 is 2. The monoisotopic (exact) mass is 465 g/mol. The smallest absolute Gasteiger partial charge is 0.329 e. The SMILES string of the molecule is COc1ccccc1Cn1c(=O)n([C@@H]2CCN(c3c(F)cccc3F)C2)c2cccc(OC)c21. The molecule has 4 aromatic rings. The van der Waals surface area contributed by atoms with Gasteiger partial charge in [0.25, 0.3) is 0 Å².